The lowest BCUT2D eigenvalue weighted by molar-refractivity contribution is 0.0940. The number of hydrogen-bond acceptors (Lipinski definition) is 6. The van der Waals surface area contributed by atoms with E-state index in [1.807, 2.05) is 42.5 Å². The molecule has 5 rings (SSSR count). The Balaban J connectivity index is 1.14. The third-order valence-corrected chi connectivity index (χ3v) is 6.59. The highest BCUT2D eigenvalue weighted by molar-refractivity contribution is 6.37. The van der Waals surface area contributed by atoms with Crippen molar-refractivity contribution in [3.05, 3.63) is 123 Å². The lowest BCUT2D eigenvalue weighted by atomic mass is 10.2. The first kappa shape index (κ1) is 27.3. The van der Waals surface area contributed by atoms with Crippen molar-refractivity contribution in [3.63, 3.8) is 0 Å². The number of phenols is 1. The first-order chi connectivity index (χ1) is 19.4. The van der Waals surface area contributed by atoms with Crippen LogP contribution in [0.25, 0.3) is 5.69 Å². The Kier molecular flexibility index (Phi) is 8.40. The Hall–Kier alpha value is -4.24. The molecule has 0 radical (unpaired) electrons. The van der Waals surface area contributed by atoms with Gasteiger partial charge < -0.3 is 19.9 Å². The zero-order valence-corrected chi connectivity index (χ0v) is 23.0. The van der Waals surface area contributed by atoms with Crippen LogP contribution in [0, 0.1) is 0 Å². The van der Waals surface area contributed by atoms with Gasteiger partial charge in [-0.2, -0.15) is 0 Å². The highest BCUT2D eigenvalue weighted by Crippen LogP contribution is 2.34. The summed E-state index contributed by atoms with van der Waals surface area (Å²) in [7, 11) is 0. The quantitative estimate of drug-likeness (QED) is 0.186. The van der Waals surface area contributed by atoms with Crippen molar-refractivity contribution in [1.82, 2.24) is 20.1 Å². The predicted molar refractivity (Wildman–Crippen MR) is 153 cm³/mol. The SMILES string of the molecule is O=C(NCc1ccc(Oc2ccc(OCc3ccccc3)c(Cl)c2)cc1)c1ncn(-c2cc(Cl)c(O)c(Cl)c2)n1. The molecule has 5 aromatic rings. The number of benzene rings is 4. The molecular weight excluding hydrogens is 575 g/mol. The van der Waals surface area contributed by atoms with E-state index >= 15 is 0 Å². The summed E-state index contributed by atoms with van der Waals surface area (Å²) in [5.74, 6) is 1.02. The van der Waals surface area contributed by atoms with E-state index in [0.29, 0.717) is 34.6 Å². The van der Waals surface area contributed by atoms with Crippen LogP contribution in [0.5, 0.6) is 23.0 Å². The first-order valence-corrected chi connectivity index (χ1v) is 13.1. The van der Waals surface area contributed by atoms with Crippen LogP contribution in [0.3, 0.4) is 0 Å². The fraction of sp³-hybridized carbons (Fsp3) is 0.0690. The molecule has 2 N–H and O–H groups in total. The fourth-order valence-electron chi connectivity index (χ4n) is 3.65. The minimum atomic E-state index is -0.459. The summed E-state index contributed by atoms with van der Waals surface area (Å²) in [5, 5.41) is 17.2. The van der Waals surface area contributed by atoms with Gasteiger partial charge in [0.25, 0.3) is 5.91 Å². The molecule has 1 amide bonds. The van der Waals surface area contributed by atoms with Crippen LogP contribution in [0.4, 0.5) is 0 Å². The van der Waals surface area contributed by atoms with E-state index in [2.05, 4.69) is 15.4 Å². The van der Waals surface area contributed by atoms with Crippen LogP contribution in [-0.4, -0.2) is 25.8 Å². The summed E-state index contributed by atoms with van der Waals surface area (Å²) in [6.07, 6.45) is 1.36. The van der Waals surface area contributed by atoms with Crippen LogP contribution >= 0.6 is 34.8 Å². The molecule has 0 atom stereocenters. The van der Waals surface area contributed by atoms with Crippen LogP contribution in [-0.2, 0) is 13.2 Å². The minimum Gasteiger partial charge on any atom is -0.505 e. The highest BCUT2D eigenvalue weighted by Gasteiger charge is 2.14. The van der Waals surface area contributed by atoms with E-state index in [1.165, 1.54) is 23.1 Å². The summed E-state index contributed by atoms with van der Waals surface area (Å²) in [6, 6.07) is 25.3. The van der Waals surface area contributed by atoms with E-state index in [4.69, 9.17) is 44.3 Å². The van der Waals surface area contributed by atoms with Gasteiger partial charge in [0.2, 0.25) is 5.82 Å². The molecule has 40 heavy (non-hydrogen) atoms. The number of amides is 1. The van der Waals surface area contributed by atoms with Gasteiger partial charge >= 0.3 is 0 Å². The van der Waals surface area contributed by atoms with E-state index < -0.39 is 5.91 Å². The maximum absolute atomic E-state index is 12.6. The molecule has 202 valence electrons. The molecule has 1 heterocycles. The van der Waals surface area contributed by atoms with Gasteiger partial charge in [-0.25, -0.2) is 9.67 Å². The van der Waals surface area contributed by atoms with Crippen LogP contribution in [0.2, 0.25) is 15.1 Å². The van der Waals surface area contributed by atoms with E-state index in [-0.39, 0.29) is 28.2 Å². The van der Waals surface area contributed by atoms with E-state index in [9.17, 15) is 9.90 Å². The van der Waals surface area contributed by atoms with Gasteiger partial charge in [0.1, 0.15) is 30.2 Å². The Morgan fingerprint density at radius 3 is 2.25 bits per heavy atom. The number of aromatic nitrogens is 3. The second kappa shape index (κ2) is 12.3. The zero-order chi connectivity index (χ0) is 28.1. The first-order valence-electron chi connectivity index (χ1n) is 12.0. The van der Waals surface area contributed by atoms with Crippen molar-refractivity contribution >= 4 is 40.7 Å². The number of carbonyl (C=O) groups is 1. The fourth-order valence-corrected chi connectivity index (χ4v) is 4.35. The zero-order valence-electron chi connectivity index (χ0n) is 20.7. The van der Waals surface area contributed by atoms with Gasteiger partial charge in [-0.15, -0.1) is 5.10 Å². The summed E-state index contributed by atoms with van der Waals surface area (Å²) in [5.41, 5.74) is 2.34. The number of carbonyl (C=O) groups excluding carboxylic acids is 1. The normalized spacial score (nSPS) is 10.8. The van der Waals surface area contributed by atoms with E-state index in [0.717, 1.165) is 11.1 Å². The number of nitrogens with zero attached hydrogens (tertiary/aromatic N) is 3. The standard InChI is InChI=1S/C29H21Cl3N4O4/c30-23-14-22(10-11-26(23)39-16-19-4-2-1-3-5-19)40-21-8-6-18(7-9-21)15-33-29(38)28-34-17-36(35-28)20-12-24(31)27(37)25(32)13-20/h1-14,17,37H,15-16H2,(H,33,38). The van der Waals surface area contributed by atoms with Crippen LogP contribution in [0.15, 0.2) is 91.3 Å². The number of ether oxygens (including phenoxy) is 2. The highest BCUT2D eigenvalue weighted by atomic mass is 35.5. The summed E-state index contributed by atoms with van der Waals surface area (Å²) in [6.45, 7) is 0.669. The van der Waals surface area contributed by atoms with Crippen molar-refractivity contribution < 1.29 is 19.4 Å². The Morgan fingerprint density at radius 1 is 0.850 bits per heavy atom. The van der Waals surface area contributed by atoms with Crippen molar-refractivity contribution in [2.24, 2.45) is 0 Å². The molecule has 1 aromatic heterocycles. The van der Waals surface area contributed by atoms with Gasteiger partial charge in [-0.1, -0.05) is 77.3 Å². The lowest BCUT2D eigenvalue weighted by Gasteiger charge is -2.11. The van der Waals surface area contributed by atoms with Crippen LogP contribution in [0.1, 0.15) is 21.7 Å². The lowest BCUT2D eigenvalue weighted by Crippen LogP contribution is -2.24. The summed E-state index contributed by atoms with van der Waals surface area (Å²) in [4.78, 5) is 16.6. The van der Waals surface area contributed by atoms with Gasteiger partial charge in [-0.3, -0.25) is 4.79 Å². The molecule has 0 fully saturated rings. The van der Waals surface area contributed by atoms with Crippen molar-refractivity contribution in [2.45, 2.75) is 13.2 Å². The van der Waals surface area contributed by atoms with Crippen molar-refractivity contribution in [2.75, 3.05) is 0 Å². The molecule has 0 saturated carbocycles. The average molecular weight is 596 g/mol. The minimum absolute atomic E-state index is 0.0339. The molecule has 4 aromatic carbocycles. The molecule has 0 unspecified atom stereocenters. The molecule has 0 bridgehead atoms. The van der Waals surface area contributed by atoms with Gasteiger partial charge in [0.15, 0.2) is 5.75 Å². The largest absolute Gasteiger partial charge is 0.505 e. The second-order valence-electron chi connectivity index (χ2n) is 8.57. The average Bonchev–Trinajstić information content (AvgIpc) is 3.46. The molecule has 0 aliphatic carbocycles. The molecule has 11 heteroatoms. The Morgan fingerprint density at radius 2 is 1.55 bits per heavy atom. The maximum atomic E-state index is 12.6. The molecule has 0 aliphatic heterocycles. The van der Waals surface area contributed by atoms with Gasteiger partial charge in [0.05, 0.1) is 20.8 Å². The van der Waals surface area contributed by atoms with E-state index in [1.54, 1.807) is 30.3 Å². The number of nitrogens with one attached hydrogen (secondary N) is 1. The molecule has 0 spiro atoms. The number of halogens is 3. The number of hydrogen-bond donors (Lipinski definition) is 2. The smallest absolute Gasteiger partial charge is 0.291 e. The monoisotopic (exact) mass is 594 g/mol. The predicted octanol–water partition coefficient (Wildman–Crippen LogP) is 7.23. The third-order valence-electron chi connectivity index (χ3n) is 5.71. The number of rotatable bonds is 9. The van der Waals surface area contributed by atoms with Crippen molar-refractivity contribution in [1.29, 1.82) is 0 Å². The Bertz CT molecular complexity index is 1620. The molecule has 0 saturated heterocycles. The third kappa shape index (κ3) is 6.66. The maximum Gasteiger partial charge on any atom is 0.291 e. The van der Waals surface area contributed by atoms with Gasteiger partial charge in [0, 0.05) is 12.6 Å². The summed E-state index contributed by atoms with van der Waals surface area (Å²) >= 11 is 18.3. The molecule has 0 aliphatic rings. The second-order valence-corrected chi connectivity index (χ2v) is 9.79. The Labute approximate surface area is 244 Å². The van der Waals surface area contributed by atoms with Gasteiger partial charge in [-0.05, 0) is 47.5 Å². The summed E-state index contributed by atoms with van der Waals surface area (Å²) < 4.78 is 13.1. The molecule has 8 nitrogen and oxygen atoms in total. The van der Waals surface area contributed by atoms with Crippen LogP contribution < -0.4 is 14.8 Å². The van der Waals surface area contributed by atoms with Crippen molar-refractivity contribution in [3.8, 4) is 28.7 Å². The topological polar surface area (TPSA) is 98.5 Å². The number of aromatic hydroxyl groups is 1. The molecular formula is C29H21Cl3N4O4. The number of phenolic OH excluding ortho intramolecular Hbond substituents is 1.